The minimum absolute atomic E-state index is 0.337. The number of benzene rings is 3. The molecule has 0 aromatic heterocycles. The van der Waals surface area contributed by atoms with E-state index in [4.69, 9.17) is 16.3 Å². The molecule has 0 saturated carbocycles. The van der Waals surface area contributed by atoms with Crippen LogP contribution in [0.5, 0.6) is 5.75 Å². The van der Waals surface area contributed by atoms with Crippen LogP contribution in [0, 0.1) is 0 Å². The Morgan fingerprint density at radius 3 is 2.54 bits per heavy atom. The predicted octanol–water partition coefficient (Wildman–Crippen LogP) is 4.27. The number of hydrogen-bond acceptors (Lipinski definition) is 3. The number of fused-ring (bicyclic) bond motifs is 1. The molecule has 0 aliphatic heterocycles. The Kier molecular flexibility index (Phi) is 4.77. The predicted molar refractivity (Wildman–Crippen MR) is 97.0 cm³/mol. The van der Waals surface area contributed by atoms with Gasteiger partial charge in [-0.2, -0.15) is 5.10 Å². The second kappa shape index (κ2) is 7.15. The highest BCUT2D eigenvalue weighted by molar-refractivity contribution is 6.30. The summed E-state index contributed by atoms with van der Waals surface area (Å²) >= 11 is 5.91. The van der Waals surface area contributed by atoms with E-state index in [1.165, 1.54) is 13.3 Å². The highest BCUT2D eigenvalue weighted by Crippen LogP contribution is 2.25. The first-order valence-electron chi connectivity index (χ1n) is 7.33. The molecule has 0 fully saturated rings. The maximum atomic E-state index is 12.4. The third-order valence-electron chi connectivity index (χ3n) is 3.54. The number of rotatable bonds is 4. The summed E-state index contributed by atoms with van der Waals surface area (Å²) in [5, 5.41) is 6.56. The summed E-state index contributed by atoms with van der Waals surface area (Å²) < 4.78 is 5.32. The van der Waals surface area contributed by atoms with Gasteiger partial charge in [0, 0.05) is 5.02 Å². The van der Waals surface area contributed by atoms with Crippen LogP contribution in [0.3, 0.4) is 0 Å². The molecule has 0 bridgehead atoms. The first-order chi connectivity index (χ1) is 11.7. The molecular weight excluding hydrogens is 324 g/mol. The lowest BCUT2D eigenvalue weighted by molar-refractivity contribution is 0.0952. The molecule has 4 nitrogen and oxygen atoms in total. The smallest absolute Gasteiger partial charge is 0.275 e. The van der Waals surface area contributed by atoms with Crippen molar-refractivity contribution in [2.75, 3.05) is 7.11 Å². The van der Waals surface area contributed by atoms with Crippen molar-refractivity contribution >= 4 is 34.5 Å². The number of ether oxygens (including phenoxy) is 1. The summed E-state index contributed by atoms with van der Waals surface area (Å²) in [5.74, 6) is 0.167. The van der Waals surface area contributed by atoms with Crippen LogP contribution in [0.25, 0.3) is 10.8 Å². The average molecular weight is 339 g/mol. The van der Waals surface area contributed by atoms with Crippen LogP contribution in [0.1, 0.15) is 15.9 Å². The van der Waals surface area contributed by atoms with Gasteiger partial charge in [0.1, 0.15) is 5.75 Å². The molecule has 24 heavy (non-hydrogen) atoms. The molecule has 5 heteroatoms. The molecule has 3 aromatic rings. The molecule has 0 aliphatic rings. The van der Waals surface area contributed by atoms with Gasteiger partial charge >= 0.3 is 0 Å². The zero-order valence-electron chi connectivity index (χ0n) is 13.0. The Morgan fingerprint density at radius 1 is 1.08 bits per heavy atom. The highest BCUT2D eigenvalue weighted by Gasteiger charge is 2.13. The fourth-order valence-corrected chi connectivity index (χ4v) is 2.58. The highest BCUT2D eigenvalue weighted by atomic mass is 35.5. The van der Waals surface area contributed by atoms with Gasteiger partial charge in [0.25, 0.3) is 5.91 Å². The first kappa shape index (κ1) is 16.0. The monoisotopic (exact) mass is 338 g/mol. The molecule has 1 amide bonds. The lowest BCUT2D eigenvalue weighted by Gasteiger charge is -2.09. The molecule has 0 atom stereocenters. The van der Waals surface area contributed by atoms with Crippen molar-refractivity contribution < 1.29 is 9.53 Å². The van der Waals surface area contributed by atoms with Crippen molar-refractivity contribution in [2.45, 2.75) is 0 Å². The topological polar surface area (TPSA) is 50.7 Å². The second-order valence-corrected chi connectivity index (χ2v) is 5.59. The number of methoxy groups -OCH3 is 1. The minimum Gasteiger partial charge on any atom is -0.496 e. The van der Waals surface area contributed by atoms with E-state index in [2.05, 4.69) is 10.5 Å². The van der Waals surface area contributed by atoms with Crippen LogP contribution in [-0.4, -0.2) is 19.2 Å². The number of nitrogens with zero attached hydrogens (tertiary/aromatic N) is 1. The number of carbonyl (C=O) groups excluding carboxylic acids is 1. The van der Waals surface area contributed by atoms with Crippen molar-refractivity contribution in [1.29, 1.82) is 0 Å². The Bertz CT molecular complexity index is 922. The van der Waals surface area contributed by atoms with Crippen LogP contribution >= 0.6 is 11.6 Å². The Hall–Kier alpha value is -2.85. The van der Waals surface area contributed by atoms with E-state index in [0.717, 1.165) is 16.3 Å². The van der Waals surface area contributed by atoms with Crippen LogP contribution in [-0.2, 0) is 0 Å². The van der Waals surface area contributed by atoms with Gasteiger partial charge in [-0.05, 0) is 40.6 Å². The van der Waals surface area contributed by atoms with E-state index in [1.807, 2.05) is 42.5 Å². The van der Waals surface area contributed by atoms with Gasteiger partial charge in [0.2, 0.25) is 0 Å². The van der Waals surface area contributed by atoms with Gasteiger partial charge in [-0.25, -0.2) is 5.43 Å². The lowest BCUT2D eigenvalue weighted by atomic mass is 10.1. The van der Waals surface area contributed by atoms with Gasteiger partial charge in [-0.3, -0.25) is 4.79 Å². The summed E-state index contributed by atoms with van der Waals surface area (Å²) in [4.78, 5) is 12.4. The standard InChI is InChI=1S/C19H15ClN2O2/c1-24-18-11-15-7-3-2-6-14(15)10-17(18)19(23)22-21-12-13-5-4-8-16(20)9-13/h2-12H,1H3,(H,22,23)/b21-12+. The van der Waals surface area contributed by atoms with Gasteiger partial charge in [0.05, 0.1) is 18.9 Å². The third kappa shape index (κ3) is 3.55. The van der Waals surface area contributed by atoms with Crippen molar-refractivity contribution in [3.63, 3.8) is 0 Å². The maximum Gasteiger partial charge on any atom is 0.275 e. The van der Waals surface area contributed by atoms with E-state index >= 15 is 0 Å². The second-order valence-electron chi connectivity index (χ2n) is 5.15. The third-order valence-corrected chi connectivity index (χ3v) is 3.78. The summed E-state index contributed by atoms with van der Waals surface area (Å²) in [6.07, 6.45) is 1.54. The van der Waals surface area contributed by atoms with Crippen molar-refractivity contribution in [2.24, 2.45) is 5.10 Å². The van der Waals surface area contributed by atoms with Gasteiger partial charge in [-0.15, -0.1) is 0 Å². The van der Waals surface area contributed by atoms with Crippen LogP contribution < -0.4 is 10.2 Å². The van der Waals surface area contributed by atoms with E-state index in [0.29, 0.717) is 16.3 Å². The minimum atomic E-state index is -0.337. The maximum absolute atomic E-state index is 12.4. The van der Waals surface area contributed by atoms with Crippen LogP contribution in [0.2, 0.25) is 5.02 Å². The number of nitrogens with one attached hydrogen (secondary N) is 1. The lowest BCUT2D eigenvalue weighted by Crippen LogP contribution is -2.18. The van der Waals surface area contributed by atoms with Gasteiger partial charge in [-0.1, -0.05) is 48.0 Å². The Balaban J connectivity index is 1.83. The zero-order chi connectivity index (χ0) is 16.9. The molecule has 0 spiro atoms. The molecule has 0 saturated heterocycles. The van der Waals surface area contributed by atoms with Crippen LogP contribution in [0.4, 0.5) is 0 Å². The molecule has 0 aliphatic carbocycles. The average Bonchev–Trinajstić information content (AvgIpc) is 2.60. The number of hydrogen-bond donors (Lipinski definition) is 1. The van der Waals surface area contributed by atoms with E-state index < -0.39 is 0 Å². The quantitative estimate of drug-likeness (QED) is 0.570. The zero-order valence-corrected chi connectivity index (χ0v) is 13.7. The summed E-state index contributed by atoms with van der Waals surface area (Å²) in [7, 11) is 1.54. The van der Waals surface area contributed by atoms with Crippen molar-refractivity contribution in [1.82, 2.24) is 5.43 Å². The van der Waals surface area contributed by atoms with E-state index in [1.54, 1.807) is 18.2 Å². The Morgan fingerprint density at radius 2 is 1.83 bits per heavy atom. The SMILES string of the molecule is COc1cc2ccccc2cc1C(=O)N/N=C/c1cccc(Cl)c1. The fraction of sp³-hybridized carbons (Fsp3) is 0.0526. The summed E-state index contributed by atoms with van der Waals surface area (Å²) in [5.41, 5.74) is 3.74. The molecule has 3 rings (SSSR count). The van der Waals surface area contributed by atoms with E-state index in [-0.39, 0.29) is 5.91 Å². The van der Waals surface area contributed by atoms with Crippen molar-refractivity contribution in [3.8, 4) is 5.75 Å². The molecule has 120 valence electrons. The number of carbonyl (C=O) groups is 1. The first-order valence-corrected chi connectivity index (χ1v) is 7.71. The number of hydrazone groups is 1. The van der Waals surface area contributed by atoms with Crippen molar-refractivity contribution in [3.05, 3.63) is 76.8 Å². The largest absolute Gasteiger partial charge is 0.496 e. The normalized spacial score (nSPS) is 10.9. The van der Waals surface area contributed by atoms with Gasteiger partial charge in [0.15, 0.2) is 0 Å². The molecule has 0 unspecified atom stereocenters. The molecule has 0 heterocycles. The molecule has 1 N–H and O–H groups in total. The van der Waals surface area contributed by atoms with E-state index in [9.17, 15) is 4.79 Å². The number of amides is 1. The summed E-state index contributed by atoms with van der Waals surface area (Å²) in [6, 6.07) is 18.6. The molecule has 0 radical (unpaired) electrons. The summed E-state index contributed by atoms with van der Waals surface area (Å²) in [6.45, 7) is 0. The van der Waals surface area contributed by atoms with Gasteiger partial charge < -0.3 is 4.74 Å². The Labute approximate surface area is 144 Å². The van der Waals surface area contributed by atoms with Crippen LogP contribution in [0.15, 0.2) is 65.8 Å². The molecular formula is C19H15ClN2O2. The molecule has 3 aromatic carbocycles. The fourth-order valence-electron chi connectivity index (χ4n) is 2.38. The number of halogens is 1.